The molecule has 1 saturated heterocycles. The van der Waals surface area contributed by atoms with Crippen LogP contribution in [0.15, 0.2) is 22.7 Å². The summed E-state index contributed by atoms with van der Waals surface area (Å²) in [5.74, 6) is -0.215. The molecule has 5 heteroatoms. The van der Waals surface area contributed by atoms with E-state index in [1.807, 2.05) is 24.0 Å². The molecule has 0 aliphatic carbocycles. The van der Waals surface area contributed by atoms with Crippen LogP contribution in [0, 0.1) is 6.92 Å². The number of likely N-dealkylation sites (tertiary alicyclic amines) is 1. The predicted molar refractivity (Wildman–Crippen MR) is 81.6 cm³/mol. The van der Waals surface area contributed by atoms with E-state index in [-0.39, 0.29) is 18.4 Å². The highest BCUT2D eigenvalue weighted by atomic mass is 79.9. The van der Waals surface area contributed by atoms with Gasteiger partial charge in [0.25, 0.3) is 5.91 Å². The third-order valence-corrected chi connectivity index (χ3v) is 4.60. The Morgan fingerprint density at radius 1 is 1.25 bits per heavy atom. The first-order valence-electron chi connectivity index (χ1n) is 6.90. The van der Waals surface area contributed by atoms with Crippen LogP contribution in [0.2, 0.25) is 0 Å². The third kappa shape index (κ3) is 3.60. The number of nitrogens with one attached hydrogen (secondary N) is 1. The number of rotatable bonds is 3. The van der Waals surface area contributed by atoms with Gasteiger partial charge in [-0.3, -0.25) is 9.59 Å². The van der Waals surface area contributed by atoms with Gasteiger partial charge in [0.15, 0.2) is 0 Å². The van der Waals surface area contributed by atoms with Crippen LogP contribution in [0.5, 0.6) is 0 Å². The molecule has 1 fully saturated rings. The number of aryl methyl sites for hydroxylation is 1. The molecule has 20 heavy (non-hydrogen) atoms. The molecule has 1 aromatic rings. The molecule has 0 spiro atoms. The molecule has 0 unspecified atom stereocenters. The van der Waals surface area contributed by atoms with Crippen LogP contribution in [0.25, 0.3) is 0 Å². The van der Waals surface area contributed by atoms with Gasteiger partial charge >= 0.3 is 0 Å². The lowest BCUT2D eigenvalue weighted by Crippen LogP contribution is -2.42. The van der Waals surface area contributed by atoms with Crippen molar-refractivity contribution in [2.45, 2.75) is 26.2 Å². The van der Waals surface area contributed by atoms with Crippen molar-refractivity contribution in [3.63, 3.8) is 0 Å². The van der Waals surface area contributed by atoms with Gasteiger partial charge in [-0.25, -0.2) is 0 Å². The first-order chi connectivity index (χ1) is 9.59. The number of hydrogen-bond acceptors (Lipinski definition) is 2. The summed E-state index contributed by atoms with van der Waals surface area (Å²) < 4.78 is 0.780. The van der Waals surface area contributed by atoms with Crippen molar-refractivity contribution >= 4 is 27.7 Å². The second-order valence-corrected chi connectivity index (χ2v) is 5.85. The minimum Gasteiger partial charge on any atom is -0.343 e. The third-order valence-electron chi connectivity index (χ3n) is 3.55. The Kier molecular flexibility index (Phi) is 5.17. The van der Waals surface area contributed by atoms with Crippen molar-refractivity contribution in [3.8, 4) is 0 Å². The van der Waals surface area contributed by atoms with Gasteiger partial charge < -0.3 is 10.2 Å². The number of piperidine rings is 1. The Hall–Kier alpha value is -1.36. The van der Waals surface area contributed by atoms with Crippen molar-refractivity contribution in [1.29, 1.82) is 0 Å². The lowest BCUT2D eigenvalue weighted by atomic mass is 10.1. The van der Waals surface area contributed by atoms with Crippen LogP contribution in [0.3, 0.4) is 0 Å². The number of nitrogens with zero attached hydrogens (tertiary/aromatic N) is 1. The lowest BCUT2D eigenvalue weighted by Gasteiger charge is -2.26. The fourth-order valence-corrected chi connectivity index (χ4v) is 2.77. The van der Waals surface area contributed by atoms with E-state index in [1.165, 1.54) is 6.42 Å². The number of carbonyl (C=O) groups excluding carboxylic acids is 2. The number of amides is 2. The molecule has 1 aliphatic heterocycles. The average Bonchev–Trinajstić information content (AvgIpc) is 2.48. The smallest absolute Gasteiger partial charge is 0.252 e. The molecule has 1 heterocycles. The van der Waals surface area contributed by atoms with Gasteiger partial charge in [-0.1, -0.05) is 12.1 Å². The Morgan fingerprint density at radius 3 is 2.65 bits per heavy atom. The predicted octanol–water partition coefficient (Wildman–Crippen LogP) is 2.50. The Labute approximate surface area is 127 Å². The summed E-state index contributed by atoms with van der Waals surface area (Å²) in [6, 6.07) is 5.51. The Balaban J connectivity index is 1.91. The minimum atomic E-state index is -0.217. The van der Waals surface area contributed by atoms with E-state index in [4.69, 9.17) is 0 Å². The van der Waals surface area contributed by atoms with Crippen LogP contribution < -0.4 is 5.32 Å². The van der Waals surface area contributed by atoms with Gasteiger partial charge in [0, 0.05) is 17.6 Å². The van der Waals surface area contributed by atoms with E-state index < -0.39 is 0 Å². The number of benzene rings is 1. The van der Waals surface area contributed by atoms with Crippen LogP contribution in [0.1, 0.15) is 35.2 Å². The fraction of sp³-hybridized carbons (Fsp3) is 0.467. The van der Waals surface area contributed by atoms with Crippen molar-refractivity contribution < 1.29 is 9.59 Å². The fourth-order valence-electron chi connectivity index (χ4n) is 2.33. The van der Waals surface area contributed by atoms with Gasteiger partial charge in [0.05, 0.1) is 12.1 Å². The van der Waals surface area contributed by atoms with Gasteiger partial charge in [-0.05, 0) is 53.7 Å². The zero-order valence-electron chi connectivity index (χ0n) is 11.6. The first kappa shape index (κ1) is 15.0. The molecule has 0 atom stereocenters. The number of hydrogen-bond donors (Lipinski definition) is 1. The summed E-state index contributed by atoms with van der Waals surface area (Å²) in [5.41, 5.74) is 1.57. The largest absolute Gasteiger partial charge is 0.343 e. The maximum absolute atomic E-state index is 12.1. The van der Waals surface area contributed by atoms with Gasteiger partial charge in [0.1, 0.15) is 0 Å². The number of halogens is 1. The molecule has 2 amide bonds. The van der Waals surface area contributed by atoms with E-state index in [0.717, 1.165) is 36.0 Å². The maximum Gasteiger partial charge on any atom is 0.252 e. The molecule has 0 bridgehead atoms. The molecule has 0 aromatic heterocycles. The second kappa shape index (κ2) is 6.88. The van der Waals surface area contributed by atoms with Gasteiger partial charge in [0.2, 0.25) is 5.91 Å². The molecule has 0 radical (unpaired) electrons. The summed E-state index contributed by atoms with van der Waals surface area (Å²) >= 11 is 3.41. The summed E-state index contributed by atoms with van der Waals surface area (Å²) in [6.07, 6.45) is 3.30. The average molecular weight is 339 g/mol. The standard InChI is InChI=1S/C15H19BrN2O2/c1-11-6-5-7-12(14(11)16)15(20)17-10-13(19)18-8-3-2-4-9-18/h5-7H,2-4,8-10H2,1H3,(H,17,20). The first-order valence-corrected chi connectivity index (χ1v) is 7.70. The second-order valence-electron chi connectivity index (χ2n) is 5.06. The SMILES string of the molecule is Cc1cccc(C(=O)NCC(=O)N2CCCCC2)c1Br. The van der Waals surface area contributed by atoms with Gasteiger partial charge in [-0.2, -0.15) is 0 Å². The van der Waals surface area contributed by atoms with E-state index in [0.29, 0.717) is 5.56 Å². The maximum atomic E-state index is 12.1. The van der Waals surface area contributed by atoms with E-state index >= 15 is 0 Å². The molecule has 1 aliphatic rings. The lowest BCUT2D eigenvalue weighted by molar-refractivity contribution is -0.130. The quantitative estimate of drug-likeness (QED) is 0.920. The molecule has 1 N–H and O–H groups in total. The summed E-state index contributed by atoms with van der Waals surface area (Å²) in [6.45, 7) is 3.62. The highest BCUT2D eigenvalue weighted by Crippen LogP contribution is 2.20. The van der Waals surface area contributed by atoms with Gasteiger partial charge in [-0.15, -0.1) is 0 Å². The van der Waals surface area contributed by atoms with Crippen LogP contribution in [0.4, 0.5) is 0 Å². The molecule has 4 nitrogen and oxygen atoms in total. The Morgan fingerprint density at radius 2 is 1.95 bits per heavy atom. The number of carbonyl (C=O) groups is 2. The molecule has 0 saturated carbocycles. The van der Waals surface area contributed by atoms with Crippen molar-refractivity contribution in [2.24, 2.45) is 0 Å². The summed E-state index contributed by atoms with van der Waals surface area (Å²) in [4.78, 5) is 25.9. The highest BCUT2D eigenvalue weighted by molar-refractivity contribution is 9.10. The molecule has 2 rings (SSSR count). The van der Waals surface area contributed by atoms with Crippen molar-refractivity contribution in [2.75, 3.05) is 19.6 Å². The molecular formula is C15H19BrN2O2. The van der Waals surface area contributed by atoms with Crippen molar-refractivity contribution in [1.82, 2.24) is 10.2 Å². The summed E-state index contributed by atoms with van der Waals surface area (Å²) in [5, 5.41) is 2.70. The van der Waals surface area contributed by atoms with E-state index in [2.05, 4.69) is 21.2 Å². The zero-order chi connectivity index (χ0) is 14.5. The van der Waals surface area contributed by atoms with Crippen LogP contribution in [-0.2, 0) is 4.79 Å². The molecule has 1 aromatic carbocycles. The summed E-state index contributed by atoms with van der Waals surface area (Å²) in [7, 11) is 0. The normalized spacial score (nSPS) is 15.0. The van der Waals surface area contributed by atoms with Crippen molar-refractivity contribution in [3.05, 3.63) is 33.8 Å². The zero-order valence-corrected chi connectivity index (χ0v) is 13.2. The van der Waals surface area contributed by atoms with E-state index in [9.17, 15) is 9.59 Å². The van der Waals surface area contributed by atoms with Crippen LogP contribution in [-0.4, -0.2) is 36.3 Å². The highest BCUT2D eigenvalue weighted by Gasteiger charge is 2.18. The molecule has 108 valence electrons. The minimum absolute atomic E-state index is 0.00169. The Bertz CT molecular complexity index is 511. The molecular weight excluding hydrogens is 320 g/mol. The van der Waals surface area contributed by atoms with Crippen LogP contribution >= 0.6 is 15.9 Å². The monoisotopic (exact) mass is 338 g/mol. The van der Waals surface area contributed by atoms with E-state index in [1.54, 1.807) is 6.07 Å². The topological polar surface area (TPSA) is 49.4 Å².